The summed E-state index contributed by atoms with van der Waals surface area (Å²) in [5, 5.41) is 11.1. The molecule has 0 aliphatic rings. The molecule has 0 unspecified atom stereocenters. The molecule has 3 aromatic rings. The molecule has 1 aromatic carbocycles. The van der Waals surface area contributed by atoms with E-state index in [9.17, 15) is 4.79 Å². The molecule has 8 nitrogen and oxygen atoms in total. The number of carbonyl (C=O) groups is 1. The lowest BCUT2D eigenvalue weighted by Crippen LogP contribution is -2.33. The number of tetrazole rings is 1. The molecule has 1 amide bonds. The Labute approximate surface area is 138 Å². The molecule has 2 aromatic heterocycles. The SMILES string of the molecule is COCCN(Cc1ccco1)C(=O)c1cccc(-n2cnnn2)c1. The van der Waals surface area contributed by atoms with Crippen LogP contribution in [0.15, 0.2) is 53.4 Å². The van der Waals surface area contributed by atoms with Crippen LogP contribution in [0.1, 0.15) is 16.1 Å². The number of carbonyl (C=O) groups excluding carboxylic acids is 1. The average Bonchev–Trinajstić information content (AvgIpc) is 3.31. The number of furan rings is 1. The highest BCUT2D eigenvalue weighted by atomic mass is 16.5. The standard InChI is InChI=1S/C16H17N5O3/c1-23-9-7-20(11-15-6-3-8-24-15)16(22)13-4-2-5-14(10-13)21-12-17-18-19-21/h2-6,8,10,12H,7,9,11H2,1H3. The summed E-state index contributed by atoms with van der Waals surface area (Å²) in [5.74, 6) is 0.606. The first-order chi connectivity index (χ1) is 11.8. The van der Waals surface area contributed by atoms with Crippen molar-refractivity contribution < 1.29 is 13.9 Å². The van der Waals surface area contributed by atoms with E-state index < -0.39 is 0 Å². The third kappa shape index (κ3) is 3.66. The fraction of sp³-hybridized carbons (Fsp3) is 0.250. The topological polar surface area (TPSA) is 86.3 Å². The van der Waals surface area contributed by atoms with Gasteiger partial charge >= 0.3 is 0 Å². The molecule has 0 aliphatic heterocycles. The third-order valence-electron chi connectivity index (χ3n) is 3.49. The van der Waals surface area contributed by atoms with Crippen LogP contribution in [0.4, 0.5) is 0 Å². The number of rotatable bonds is 7. The molecule has 2 heterocycles. The number of hydrogen-bond donors (Lipinski definition) is 0. The minimum absolute atomic E-state index is 0.113. The van der Waals surface area contributed by atoms with Gasteiger partial charge in [0.15, 0.2) is 0 Å². The third-order valence-corrected chi connectivity index (χ3v) is 3.49. The Hall–Kier alpha value is -3.00. The van der Waals surface area contributed by atoms with Crippen LogP contribution in [-0.2, 0) is 11.3 Å². The van der Waals surface area contributed by atoms with Gasteiger partial charge < -0.3 is 14.1 Å². The van der Waals surface area contributed by atoms with E-state index in [1.165, 1.54) is 11.0 Å². The summed E-state index contributed by atoms with van der Waals surface area (Å²) in [5.41, 5.74) is 1.26. The lowest BCUT2D eigenvalue weighted by Gasteiger charge is -2.21. The van der Waals surface area contributed by atoms with Crippen LogP contribution in [-0.4, -0.2) is 51.3 Å². The van der Waals surface area contributed by atoms with E-state index in [1.54, 1.807) is 42.5 Å². The van der Waals surface area contributed by atoms with Crippen LogP contribution in [0.2, 0.25) is 0 Å². The zero-order chi connectivity index (χ0) is 16.8. The lowest BCUT2D eigenvalue weighted by atomic mass is 10.1. The van der Waals surface area contributed by atoms with Crippen LogP contribution in [0.3, 0.4) is 0 Å². The highest BCUT2D eigenvalue weighted by molar-refractivity contribution is 5.94. The molecule has 0 atom stereocenters. The lowest BCUT2D eigenvalue weighted by molar-refractivity contribution is 0.0666. The van der Waals surface area contributed by atoms with Crippen LogP contribution < -0.4 is 0 Å². The fourth-order valence-corrected chi connectivity index (χ4v) is 2.29. The molecule has 8 heteroatoms. The van der Waals surface area contributed by atoms with E-state index in [4.69, 9.17) is 9.15 Å². The van der Waals surface area contributed by atoms with Gasteiger partial charge in [0.2, 0.25) is 0 Å². The second-order valence-electron chi connectivity index (χ2n) is 5.10. The van der Waals surface area contributed by atoms with E-state index >= 15 is 0 Å². The molecule has 24 heavy (non-hydrogen) atoms. The number of aromatic nitrogens is 4. The molecule has 0 fully saturated rings. The maximum atomic E-state index is 12.9. The first-order valence-electron chi connectivity index (χ1n) is 7.42. The summed E-state index contributed by atoms with van der Waals surface area (Å²) in [4.78, 5) is 14.5. The van der Waals surface area contributed by atoms with Crippen molar-refractivity contribution in [2.45, 2.75) is 6.54 Å². The molecule has 124 valence electrons. The zero-order valence-electron chi connectivity index (χ0n) is 13.2. The summed E-state index contributed by atoms with van der Waals surface area (Å²) in [6.45, 7) is 1.29. The minimum atomic E-state index is -0.113. The Morgan fingerprint density at radius 2 is 2.25 bits per heavy atom. The number of benzene rings is 1. The van der Waals surface area contributed by atoms with Gasteiger partial charge in [0, 0.05) is 19.2 Å². The summed E-state index contributed by atoms with van der Waals surface area (Å²) in [6.07, 6.45) is 3.07. The van der Waals surface area contributed by atoms with Crippen molar-refractivity contribution in [1.29, 1.82) is 0 Å². The molecule has 3 rings (SSSR count). The van der Waals surface area contributed by atoms with Crippen molar-refractivity contribution in [3.63, 3.8) is 0 Å². The maximum absolute atomic E-state index is 12.9. The largest absolute Gasteiger partial charge is 0.467 e. The van der Waals surface area contributed by atoms with Crippen LogP contribution in [0, 0.1) is 0 Å². The maximum Gasteiger partial charge on any atom is 0.254 e. The Morgan fingerprint density at radius 3 is 2.96 bits per heavy atom. The van der Waals surface area contributed by atoms with Crippen LogP contribution in [0.5, 0.6) is 0 Å². The Morgan fingerprint density at radius 1 is 1.33 bits per heavy atom. The zero-order valence-corrected chi connectivity index (χ0v) is 13.2. The van der Waals surface area contributed by atoms with E-state index in [0.717, 1.165) is 11.4 Å². The molecular weight excluding hydrogens is 310 g/mol. The monoisotopic (exact) mass is 327 g/mol. The Kier molecular flexibility index (Phi) is 4.97. The predicted octanol–water partition coefficient (Wildman–Crippen LogP) is 1.54. The normalized spacial score (nSPS) is 10.7. The van der Waals surface area contributed by atoms with Gasteiger partial charge in [-0.2, -0.15) is 0 Å². The van der Waals surface area contributed by atoms with Gasteiger partial charge in [-0.05, 0) is 40.8 Å². The van der Waals surface area contributed by atoms with Crippen molar-refractivity contribution in [2.24, 2.45) is 0 Å². The van der Waals surface area contributed by atoms with Crippen LogP contribution in [0.25, 0.3) is 5.69 Å². The highest BCUT2D eigenvalue weighted by Crippen LogP contribution is 2.14. The first-order valence-corrected chi connectivity index (χ1v) is 7.42. The van der Waals surface area contributed by atoms with Gasteiger partial charge in [0.05, 0.1) is 25.1 Å². The molecule has 0 spiro atoms. The Bertz CT molecular complexity index is 771. The quantitative estimate of drug-likeness (QED) is 0.654. The van der Waals surface area contributed by atoms with Gasteiger partial charge in [-0.3, -0.25) is 4.79 Å². The average molecular weight is 327 g/mol. The van der Waals surface area contributed by atoms with E-state index in [1.807, 2.05) is 12.1 Å². The smallest absolute Gasteiger partial charge is 0.254 e. The molecule has 0 saturated heterocycles. The van der Waals surface area contributed by atoms with Crippen molar-refractivity contribution in [1.82, 2.24) is 25.1 Å². The summed E-state index contributed by atoms with van der Waals surface area (Å²) in [7, 11) is 1.61. The van der Waals surface area contributed by atoms with Crippen molar-refractivity contribution in [2.75, 3.05) is 20.3 Å². The number of methoxy groups -OCH3 is 1. The number of ether oxygens (including phenoxy) is 1. The van der Waals surface area contributed by atoms with Gasteiger partial charge in [-0.25, -0.2) is 4.68 Å². The summed E-state index contributed by atoms with van der Waals surface area (Å²) >= 11 is 0. The molecule has 0 radical (unpaired) electrons. The predicted molar refractivity (Wildman–Crippen MR) is 84.5 cm³/mol. The number of amides is 1. The van der Waals surface area contributed by atoms with E-state index in [-0.39, 0.29) is 5.91 Å². The molecular formula is C16H17N5O3. The first kappa shape index (κ1) is 15.9. The summed E-state index contributed by atoms with van der Waals surface area (Å²) in [6, 6.07) is 10.8. The molecule has 0 aliphatic carbocycles. The van der Waals surface area contributed by atoms with E-state index in [2.05, 4.69) is 15.5 Å². The van der Waals surface area contributed by atoms with Crippen molar-refractivity contribution in [3.05, 3.63) is 60.3 Å². The number of nitrogens with zero attached hydrogens (tertiary/aromatic N) is 5. The van der Waals surface area contributed by atoms with Gasteiger partial charge in [0.25, 0.3) is 5.91 Å². The van der Waals surface area contributed by atoms with E-state index in [0.29, 0.717) is 25.3 Å². The molecule has 0 saturated carbocycles. The highest BCUT2D eigenvalue weighted by Gasteiger charge is 2.18. The molecule has 0 N–H and O–H groups in total. The van der Waals surface area contributed by atoms with Gasteiger partial charge in [-0.15, -0.1) is 5.10 Å². The Balaban J connectivity index is 1.82. The molecule has 0 bridgehead atoms. The van der Waals surface area contributed by atoms with Gasteiger partial charge in [0.1, 0.15) is 12.1 Å². The number of hydrogen-bond acceptors (Lipinski definition) is 6. The van der Waals surface area contributed by atoms with Crippen molar-refractivity contribution in [3.8, 4) is 5.69 Å². The van der Waals surface area contributed by atoms with Crippen molar-refractivity contribution >= 4 is 5.91 Å². The van der Waals surface area contributed by atoms with Gasteiger partial charge in [-0.1, -0.05) is 6.07 Å². The second-order valence-corrected chi connectivity index (χ2v) is 5.10. The summed E-state index contributed by atoms with van der Waals surface area (Å²) < 4.78 is 12.0. The second kappa shape index (κ2) is 7.51. The minimum Gasteiger partial charge on any atom is -0.467 e. The van der Waals surface area contributed by atoms with Crippen LogP contribution >= 0.6 is 0 Å². The fourth-order valence-electron chi connectivity index (χ4n) is 2.29.